The average molecular weight is 324 g/mol. The minimum absolute atomic E-state index is 0.0765. The van der Waals surface area contributed by atoms with Crippen molar-refractivity contribution >= 4 is 27.2 Å². The van der Waals surface area contributed by atoms with Gasteiger partial charge in [0.25, 0.3) is 0 Å². The van der Waals surface area contributed by atoms with Crippen molar-refractivity contribution in [3.8, 4) is 5.75 Å². The van der Waals surface area contributed by atoms with Gasteiger partial charge in [-0.3, -0.25) is 4.79 Å². The van der Waals surface area contributed by atoms with Crippen LogP contribution in [0.1, 0.15) is 33.5 Å². The van der Waals surface area contributed by atoms with E-state index in [1.807, 2.05) is 6.92 Å². The molecule has 112 valence electrons. The highest BCUT2D eigenvalue weighted by atomic mass is 32.2. The molecular formula is C15H16O4S2. The maximum atomic E-state index is 12.4. The average Bonchev–Trinajstić information content (AvgIpc) is 2.78. The predicted octanol–water partition coefficient (Wildman–Crippen LogP) is 3.73. The lowest BCUT2D eigenvalue weighted by atomic mass is 10.1. The minimum Gasteiger partial charge on any atom is -0.378 e. The Balaban J connectivity index is 2.42. The highest BCUT2D eigenvalue weighted by Gasteiger charge is 2.23. The topological polar surface area (TPSA) is 60.4 Å². The first kappa shape index (κ1) is 15.7. The third-order valence-corrected chi connectivity index (χ3v) is 5.43. The third-order valence-electron chi connectivity index (χ3n) is 2.97. The highest BCUT2D eigenvalue weighted by molar-refractivity contribution is 7.87. The number of hydrogen-bond acceptors (Lipinski definition) is 5. The van der Waals surface area contributed by atoms with E-state index in [0.717, 1.165) is 4.88 Å². The predicted molar refractivity (Wildman–Crippen MR) is 82.7 cm³/mol. The van der Waals surface area contributed by atoms with Crippen LogP contribution in [0.2, 0.25) is 0 Å². The Morgan fingerprint density at radius 1 is 1.24 bits per heavy atom. The summed E-state index contributed by atoms with van der Waals surface area (Å²) >= 11 is 1.40. The first-order valence-electron chi connectivity index (χ1n) is 6.49. The molecule has 4 nitrogen and oxygen atoms in total. The molecular weight excluding hydrogens is 308 g/mol. The van der Waals surface area contributed by atoms with Gasteiger partial charge in [0.2, 0.25) is 0 Å². The molecule has 1 aromatic carbocycles. The van der Waals surface area contributed by atoms with E-state index < -0.39 is 10.1 Å². The van der Waals surface area contributed by atoms with Crippen molar-refractivity contribution in [2.45, 2.75) is 32.1 Å². The van der Waals surface area contributed by atoms with E-state index in [1.54, 1.807) is 38.1 Å². The smallest absolute Gasteiger partial charge is 0.340 e. The second-order valence-electron chi connectivity index (χ2n) is 4.59. The van der Waals surface area contributed by atoms with Crippen molar-refractivity contribution in [3.05, 3.63) is 45.6 Å². The van der Waals surface area contributed by atoms with Gasteiger partial charge in [-0.25, -0.2) is 0 Å². The van der Waals surface area contributed by atoms with Crippen molar-refractivity contribution in [1.29, 1.82) is 0 Å². The maximum Gasteiger partial charge on any atom is 0.340 e. The highest BCUT2D eigenvalue weighted by Crippen LogP contribution is 2.29. The zero-order chi connectivity index (χ0) is 15.6. The molecule has 1 heterocycles. The second kappa shape index (κ2) is 5.99. The van der Waals surface area contributed by atoms with Gasteiger partial charge in [0.05, 0.1) is 5.56 Å². The molecule has 0 saturated heterocycles. The van der Waals surface area contributed by atoms with Crippen LogP contribution in [0.25, 0.3) is 0 Å². The molecule has 0 unspecified atom stereocenters. The van der Waals surface area contributed by atoms with Gasteiger partial charge in [-0.2, -0.15) is 8.42 Å². The number of thiophene rings is 1. The molecule has 0 saturated carbocycles. The van der Waals surface area contributed by atoms with Crippen molar-refractivity contribution in [1.82, 2.24) is 0 Å². The number of ketones is 1. The SMILES string of the molecule is CCC(=O)c1ccccc1OS(=O)(=O)c1cc(C)sc1C. The monoisotopic (exact) mass is 324 g/mol. The summed E-state index contributed by atoms with van der Waals surface area (Å²) in [6.07, 6.45) is 0.289. The van der Waals surface area contributed by atoms with Gasteiger partial charge in [-0.1, -0.05) is 19.1 Å². The summed E-state index contributed by atoms with van der Waals surface area (Å²) in [5.74, 6) is -0.0772. The summed E-state index contributed by atoms with van der Waals surface area (Å²) in [7, 11) is -3.93. The Morgan fingerprint density at radius 3 is 2.48 bits per heavy atom. The Kier molecular flexibility index (Phi) is 4.49. The molecule has 0 amide bonds. The summed E-state index contributed by atoms with van der Waals surface area (Å²) in [6.45, 7) is 5.29. The summed E-state index contributed by atoms with van der Waals surface area (Å²) in [5.41, 5.74) is 0.285. The molecule has 0 spiro atoms. The molecule has 2 rings (SSSR count). The molecule has 0 bridgehead atoms. The maximum absolute atomic E-state index is 12.4. The lowest BCUT2D eigenvalue weighted by Gasteiger charge is -2.10. The first-order valence-corrected chi connectivity index (χ1v) is 8.71. The summed E-state index contributed by atoms with van der Waals surface area (Å²) < 4.78 is 29.9. The molecule has 6 heteroatoms. The molecule has 0 atom stereocenters. The quantitative estimate of drug-likeness (QED) is 0.621. The second-order valence-corrected chi connectivity index (χ2v) is 7.56. The normalized spacial score (nSPS) is 11.4. The number of para-hydroxylation sites is 1. The van der Waals surface area contributed by atoms with Gasteiger partial charge in [0.1, 0.15) is 4.90 Å². The number of hydrogen-bond donors (Lipinski definition) is 0. The fourth-order valence-electron chi connectivity index (χ4n) is 1.98. The van der Waals surface area contributed by atoms with Crippen LogP contribution >= 0.6 is 11.3 Å². The van der Waals surface area contributed by atoms with E-state index in [4.69, 9.17) is 4.18 Å². The molecule has 2 aromatic rings. The largest absolute Gasteiger partial charge is 0.378 e. The molecule has 0 aliphatic rings. The van der Waals surface area contributed by atoms with E-state index in [-0.39, 0.29) is 28.4 Å². The Bertz CT molecular complexity index is 773. The Hall–Kier alpha value is -1.66. The fraction of sp³-hybridized carbons (Fsp3) is 0.267. The number of carbonyl (C=O) groups is 1. The molecule has 0 radical (unpaired) electrons. The molecule has 21 heavy (non-hydrogen) atoms. The first-order chi connectivity index (χ1) is 9.85. The van der Waals surface area contributed by atoms with Crippen LogP contribution in [0, 0.1) is 13.8 Å². The summed E-state index contributed by atoms with van der Waals surface area (Å²) in [6, 6.07) is 7.97. The number of carbonyl (C=O) groups excluding carboxylic acids is 1. The summed E-state index contributed by atoms with van der Waals surface area (Å²) in [5, 5.41) is 0. The zero-order valence-electron chi connectivity index (χ0n) is 12.0. The van der Waals surface area contributed by atoms with Gasteiger partial charge < -0.3 is 4.18 Å². The number of Topliss-reactive ketones (excluding diaryl/α,β-unsaturated/α-hetero) is 1. The van der Waals surface area contributed by atoms with E-state index in [9.17, 15) is 13.2 Å². The van der Waals surface area contributed by atoms with Crippen LogP contribution in [0.4, 0.5) is 0 Å². The lowest BCUT2D eigenvalue weighted by Crippen LogP contribution is -2.12. The van der Waals surface area contributed by atoms with E-state index in [1.165, 1.54) is 17.4 Å². The molecule has 0 fully saturated rings. The third kappa shape index (κ3) is 3.33. The molecule has 0 aliphatic carbocycles. The molecule has 0 aliphatic heterocycles. The Labute approximate surface area is 128 Å². The Morgan fingerprint density at radius 2 is 1.90 bits per heavy atom. The van der Waals surface area contributed by atoms with Crippen molar-refractivity contribution in [3.63, 3.8) is 0 Å². The van der Waals surface area contributed by atoms with Crippen LogP contribution in [0.15, 0.2) is 35.2 Å². The minimum atomic E-state index is -3.93. The van der Waals surface area contributed by atoms with Crippen LogP contribution in [0.3, 0.4) is 0 Å². The van der Waals surface area contributed by atoms with Crippen LogP contribution in [-0.4, -0.2) is 14.2 Å². The van der Waals surface area contributed by atoms with Crippen LogP contribution in [-0.2, 0) is 10.1 Å². The van der Waals surface area contributed by atoms with Gasteiger partial charge >= 0.3 is 10.1 Å². The van der Waals surface area contributed by atoms with E-state index in [0.29, 0.717) is 4.88 Å². The van der Waals surface area contributed by atoms with Gasteiger partial charge in [0, 0.05) is 16.2 Å². The van der Waals surface area contributed by atoms with Crippen molar-refractivity contribution in [2.75, 3.05) is 0 Å². The van der Waals surface area contributed by atoms with Crippen molar-refractivity contribution in [2.24, 2.45) is 0 Å². The fourth-order valence-corrected chi connectivity index (χ4v) is 4.45. The van der Waals surface area contributed by atoms with Crippen molar-refractivity contribution < 1.29 is 17.4 Å². The van der Waals surface area contributed by atoms with E-state index in [2.05, 4.69) is 0 Å². The van der Waals surface area contributed by atoms with Gasteiger partial charge in [-0.05, 0) is 32.0 Å². The zero-order valence-corrected chi connectivity index (χ0v) is 13.7. The van der Waals surface area contributed by atoms with Gasteiger partial charge in [0.15, 0.2) is 11.5 Å². The number of aryl methyl sites for hydroxylation is 2. The summed E-state index contributed by atoms with van der Waals surface area (Å²) in [4.78, 5) is 13.6. The number of rotatable bonds is 5. The molecule has 0 N–H and O–H groups in total. The lowest BCUT2D eigenvalue weighted by molar-refractivity contribution is 0.0986. The number of benzene rings is 1. The van der Waals surface area contributed by atoms with E-state index >= 15 is 0 Å². The van der Waals surface area contributed by atoms with Crippen LogP contribution < -0.4 is 4.18 Å². The van der Waals surface area contributed by atoms with Gasteiger partial charge in [-0.15, -0.1) is 11.3 Å². The van der Waals surface area contributed by atoms with Crippen LogP contribution in [0.5, 0.6) is 5.75 Å². The standard InChI is InChI=1S/C15H16O4S2/c1-4-13(16)12-7-5-6-8-14(12)19-21(17,18)15-9-10(2)20-11(15)3/h5-9H,4H2,1-3H3. The molecule has 1 aromatic heterocycles.